The van der Waals surface area contributed by atoms with Gasteiger partial charge in [-0.25, -0.2) is 9.78 Å². The van der Waals surface area contributed by atoms with Gasteiger partial charge in [-0.15, -0.1) is 0 Å². The molecule has 3 aromatic carbocycles. The molecule has 0 radical (unpaired) electrons. The molecule has 1 atom stereocenters. The minimum absolute atomic E-state index is 0.195. The predicted octanol–water partition coefficient (Wildman–Crippen LogP) is 6.46. The van der Waals surface area contributed by atoms with Crippen LogP contribution in [0.25, 0.3) is 33.2 Å². The van der Waals surface area contributed by atoms with Crippen molar-refractivity contribution in [3.05, 3.63) is 93.9 Å². The van der Waals surface area contributed by atoms with E-state index < -0.39 is 6.04 Å². The fraction of sp³-hybridized carbons (Fsp3) is 0.273. The van der Waals surface area contributed by atoms with E-state index in [1.165, 1.54) is 4.68 Å². The summed E-state index contributed by atoms with van der Waals surface area (Å²) in [6.07, 6.45) is 3.52. The Bertz CT molecular complexity index is 1850. The van der Waals surface area contributed by atoms with Gasteiger partial charge in [-0.05, 0) is 68.1 Å². The number of rotatable bonds is 8. The summed E-state index contributed by atoms with van der Waals surface area (Å²) in [5.41, 5.74) is 4.68. The number of carbonyl (C=O) groups is 1. The van der Waals surface area contributed by atoms with Crippen LogP contribution in [0.4, 0.5) is 0 Å². The Morgan fingerprint density at radius 1 is 1.05 bits per heavy atom. The van der Waals surface area contributed by atoms with Crippen LogP contribution in [0.3, 0.4) is 0 Å². The summed E-state index contributed by atoms with van der Waals surface area (Å²) in [6, 6.07) is 18.5. The molecule has 210 valence electrons. The number of methoxy groups -OCH3 is 1. The summed E-state index contributed by atoms with van der Waals surface area (Å²) in [6.45, 7) is 10.1. The van der Waals surface area contributed by atoms with E-state index >= 15 is 0 Å². The van der Waals surface area contributed by atoms with Gasteiger partial charge in [0.15, 0.2) is 5.82 Å². The first kappa shape index (κ1) is 27.8. The molecule has 5 aromatic rings. The van der Waals surface area contributed by atoms with Crippen LogP contribution in [0.1, 0.15) is 56.3 Å². The van der Waals surface area contributed by atoms with Crippen LogP contribution in [0.2, 0.25) is 0 Å². The van der Waals surface area contributed by atoms with Crippen LogP contribution >= 0.6 is 0 Å². The Kier molecular flexibility index (Phi) is 7.75. The van der Waals surface area contributed by atoms with Gasteiger partial charge < -0.3 is 14.0 Å². The van der Waals surface area contributed by atoms with Crippen molar-refractivity contribution in [2.75, 3.05) is 13.7 Å². The van der Waals surface area contributed by atoms with Crippen molar-refractivity contribution in [1.29, 1.82) is 0 Å². The molecular weight excluding hydrogens is 516 g/mol. The van der Waals surface area contributed by atoms with Gasteiger partial charge in [0.05, 0.1) is 30.8 Å². The number of nitrogens with zero attached hydrogens (tertiary/aromatic N) is 4. The van der Waals surface area contributed by atoms with Crippen LogP contribution in [0, 0.1) is 6.92 Å². The van der Waals surface area contributed by atoms with Crippen LogP contribution in [0.15, 0.2) is 76.8 Å². The second-order valence-electron chi connectivity index (χ2n) is 10.3. The lowest BCUT2D eigenvalue weighted by Crippen LogP contribution is -2.21. The average molecular weight is 551 g/mol. The third kappa shape index (κ3) is 5.13. The van der Waals surface area contributed by atoms with Crippen LogP contribution in [0.5, 0.6) is 5.75 Å². The normalized spacial score (nSPS) is 12.5. The number of ether oxygens (including phenoxy) is 2. The fourth-order valence-corrected chi connectivity index (χ4v) is 5.12. The Morgan fingerprint density at radius 3 is 2.46 bits per heavy atom. The highest BCUT2D eigenvalue weighted by Crippen LogP contribution is 2.34. The van der Waals surface area contributed by atoms with Gasteiger partial charge in [0, 0.05) is 28.2 Å². The molecule has 0 N–H and O–H groups in total. The molecule has 0 bridgehead atoms. The number of esters is 1. The highest BCUT2D eigenvalue weighted by Gasteiger charge is 2.21. The summed E-state index contributed by atoms with van der Waals surface area (Å²) in [4.78, 5) is 31.3. The molecule has 5 rings (SSSR count). The Balaban J connectivity index is 1.72. The lowest BCUT2D eigenvalue weighted by molar-refractivity contribution is -0.146. The zero-order valence-electron chi connectivity index (χ0n) is 24.2. The smallest absolute Gasteiger partial charge is 0.328 e. The number of carbonyl (C=O) groups excluding carboxylic acids is 1. The largest absolute Gasteiger partial charge is 0.496 e. The number of benzene rings is 3. The number of fused-ring (bicyclic) bond motifs is 2. The standard InChI is InChI=1S/C33H34N4O4/c1-7-41-33(39)22(5)36-19-23(24-12-9-11-15-29(24)36)18-34-37-31(35-28-14-10-8-13-25(28)32(37)38)27-17-26(20(2)3)30(40-6)16-21(27)4/h8-20,22H,7H2,1-6H3/t22-/m0/s1. The van der Waals surface area contributed by atoms with Gasteiger partial charge in [-0.1, -0.05) is 44.2 Å². The van der Waals surface area contributed by atoms with Crippen molar-refractivity contribution < 1.29 is 14.3 Å². The number of para-hydroxylation sites is 2. The summed E-state index contributed by atoms with van der Waals surface area (Å²) in [7, 11) is 1.66. The highest BCUT2D eigenvalue weighted by atomic mass is 16.5. The molecule has 0 saturated carbocycles. The van der Waals surface area contributed by atoms with E-state index in [0.29, 0.717) is 23.3 Å². The van der Waals surface area contributed by atoms with Crippen molar-refractivity contribution in [2.45, 2.75) is 46.6 Å². The molecule has 0 saturated heterocycles. The maximum Gasteiger partial charge on any atom is 0.328 e. The first-order valence-corrected chi connectivity index (χ1v) is 13.8. The molecule has 0 fully saturated rings. The molecule has 41 heavy (non-hydrogen) atoms. The molecule has 0 aliphatic rings. The molecule has 0 amide bonds. The Labute approximate surface area is 238 Å². The topological polar surface area (TPSA) is 87.7 Å². The van der Waals surface area contributed by atoms with Crippen LogP contribution < -0.4 is 10.3 Å². The lowest BCUT2D eigenvalue weighted by Gasteiger charge is -2.17. The van der Waals surface area contributed by atoms with Crippen molar-refractivity contribution in [2.24, 2.45) is 5.10 Å². The number of hydrogen-bond acceptors (Lipinski definition) is 6. The Morgan fingerprint density at radius 2 is 1.76 bits per heavy atom. The maximum absolute atomic E-state index is 13.9. The summed E-state index contributed by atoms with van der Waals surface area (Å²) >= 11 is 0. The number of aryl methyl sites for hydroxylation is 1. The van der Waals surface area contributed by atoms with Crippen LogP contribution in [-0.2, 0) is 9.53 Å². The minimum atomic E-state index is -0.529. The lowest BCUT2D eigenvalue weighted by atomic mass is 9.96. The first-order chi connectivity index (χ1) is 19.7. The van der Waals surface area contributed by atoms with Gasteiger partial charge in [-0.3, -0.25) is 4.79 Å². The highest BCUT2D eigenvalue weighted by molar-refractivity contribution is 6.00. The van der Waals surface area contributed by atoms with Crippen molar-refractivity contribution in [1.82, 2.24) is 14.2 Å². The van der Waals surface area contributed by atoms with E-state index in [1.807, 2.05) is 72.3 Å². The number of hydrogen-bond donors (Lipinski definition) is 0. The predicted molar refractivity (Wildman–Crippen MR) is 163 cm³/mol. The minimum Gasteiger partial charge on any atom is -0.496 e. The van der Waals surface area contributed by atoms with E-state index in [2.05, 4.69) is 13.8 Å². The second-order valence-corrected chi connectivity index (χ2v) is 10.3. The molecule has 0 aliphatic carbocycles. The van der Waals surface area contributed by atoms with Gasteiger partial charge >= 0.3 is 5.97 Å². The summed E-state index contributed by atoms with van der Waals surface area (Å²) in [5, 5.41) is 6.10. The van der Waals surface area contributed by atoms with E-state index in [1.54, 1.807) is 33.2 Å². The van der Waals surface area contributed by atoms with E-state index in [4.69, 9.17) is 19.6 Å². The second kappa shape index (κ2) is 11.4. The summed E-state index contributed by atoms with van der Waals surface area (Å²) < 4.78 is 14.2. The third-order valence-corrected chi connectivity index (χ3v) is 7.32. The molecular formula is C33H34N4O4. The molecule has 2 aromatic heterocycles. The third-order valence-electron chi connectivity index (χ3n) is 7.32. The monoisotopic (exact) mass is 550 g/mol. The molecule has 2 heterocycles. The van der Waals surface area contributed by atoms with Crippen molar-refractivity contribution >= 4 is 34.0 Å². The fourth-order valence-electron chi connectivity index (χ4n) is 5.12. The zero-order chi connectivity index (χ0) is 29.3. The quantitative estimate of drug-likeness (QED) is 0.163. The molecule has 0 aliphatic heterocycles. The van der Waals surface area contributed by atoms with E-state index in [0.717, 1.165) is 38.9 Å². The van der Waals surface area contributed by atoms with Crippen molar-refractivity contribution in [3.63, 3.8) is 0 Å². The zero-order valence-corrected chi connectivity index (χ0v) is 24.2. The van der Waals surface area contributed by atoms with Gasteiger partial charge in [0.1, 0.15) is 11.8 Å². The van der Waals surface area contributed by atoms with Gasteiger partial charge in [0.25, 0.3) is 5.56 Å². The van der Waals surface area contributed by atoms with Crippen LogP contribution in [-0.4, -0.2) is 40.1 Å². The first-order valence-electron chi connectivity index (χ1n) is 13.8. The molecule has 0 spiro atoms. The molecule has 8 heteroatoms. The van der Waals surface area contributed by atoms with E-state index in [-0.39, 0.29) is 17.4 Å². The molecule has 0 unspecified atom stereocenters. The Hall–Kier alpha value is -4.72. The van der Waals surface area contributed by atoms with E-state index in [9.17, 15) is 9.59 Å². The number of aromatic nitrogens is 3. The van der Waals surface area contributed by atoms with Gasteiger partial charge in [0.2, 0.25) is 0 Å². The average Bonchev–Trinajstić information content (AvgIpc) is 3.34. The molecule has 8 nitrogen and oxygen atoms in total. The maximum atomic E-state index is 13.9. The van der Waals surface area contributed by atoms with Gasteiger partial charge in [-0.2, -0.15) is 9.78 Å². The van der Waals surface area contributed by atoms with Crippen molar-refractivity contribution in [3.8, 4) is 17.1 Å². The summed E-state index contributed by atoms with van der Waals surface area (Å²) in [5.74, 6) is 1.12. The SMILES string of the molecule is CCOC(=O)[C@H](C)n1cc(C=Nn2c(-c3cc(C(C)C)c(OC)cc3C)nc3ccccc3c2=O)c2ccccc21.